The molecule has 0 amide bonds. The van der Waals surface area contributed by atoms with Crippen LogP contribution in [0.2, 0.25) is 0 Å². The van der Waals surface area contributed by atoms with E-state index in [0.29, 0.717) is 17.2 Å². The average Bonchev–Trinajstić information content (AvgIpc) is 2.78. The van der Waals surface area contributed by atoms with Gasteiger partial charge in [0, 0.05) is 12.4 Å². The van der Waals surface area contributed by atoms with Crippen LogP contribution in [0.3, 0.4) is 0 Å². The molecule has 3 heterocycles. The van der Waals surface area contributed by atoms with Crippen molar-refractivity contribution in [1.29, 1.82) is 0 Å². The number of aromatic amines is 1. The minimum atomic E-state index is 0.564. The zero-order valence-electron chi connectivity index (χ0n) is 7.62. The van der Waals surface area contributed by atoms with Gasteiger partial charge >= 0.3 is 0 Å². The molecule has 3 aromatic rings. The molecule has 1 N–H and O–H groups in total. The molecule has 0 fully saturated rings. The van der Waals surface area contributed by atoms with Crippen LogP contribution in [0.15, 0.2) is 31.1 Å². The van der Waals surface area contributed by atoms with Gasteiger partial charge < -0.3 is 4.98 Å². The molecule has 0 saturated heterocycles. The van der Waals surface area contributed by atoms with Crippen LogP contribution in [0.25, 0.3) is 22.7 Å². The molecule has 6 nitrogen and oxygen atoms in total. The number of imidazole rings is 1. The Kier molecular flexibility index (Phi) is 1.64. The van der Waals surface area contributed by atoms with Crippen molar-refractivity contribution < 1.29 is 0 Å². The first-order chi connectivity index (χ1) is 7.45. The zero-order chi connectivity index (χ0) is 10.1. The third-order valence-electron chi connectivity index (χ3n) is 2.00. The lowest BCUT2D eigenvalue weighted by Crippen LogP contribution is -1.92. The van der Waals surface area contributed by atoms with Crippen LogP contribution in [-0.2, 0) is 0 Å². The smallest absolute Gasteiger partial charge is 0.181 e. The third-order valence-corrected chi connectivity index (χ3v) is 2.00. The van der Waals surface area contributed by atoms with Crippen molar-refractivity contribution in [2.24, 2.45) is 0 Å². The second-order valence-corrected chi connectivity index (χ2v) is 2.90. The third kappa shape index (κ3) is 1.23. The molecule has 0 saturated carbocycles. The number of H-pyrrole nitrogens is 1. The van der Waals surface area contributed by atoms with Gasteiger partial charge in [-0.25, -0.2) is 24.9 Å². The van der Waals surface area contributed by atoms with Crippen LogP contribution in [0.5, 0.6) is 0 Å². The summed E-state index contributed by atoms with van der Waals surface area (Å²) >= 11 is 0. The molecule has 0 aromatic carbocycles. The molecule has 0 aliphatic carbocycles. The van der Waals surface area contributed by atoms with Gasteiger partial charge in [0.1, 0.15) is 17.5 Å². The molecule has 3 rings (SSSR count). The van der Waals surface area contributed by atoms with Crippen LogP contribution in [0, 0.1) is 0 Å². The molecule has 3 aromatic heterocycles. The molecule has 6 heteroatoms. The van der Waals surface area contributed by atoms with Gasteiger partial charge in [-0.3, -0.25) is 0 Å². The Morgan fingerprint density at radius 2 is 1.80 bits per heavy atom. The fourth-order valence-corrected chi connectivity index (χ4v) is 1.36. The minimum Gasteiger partial charge on any atom is -0.341 e. The summed E-state index contributed by atoms with van der Waals surface area (Å²) in [4.78, 5) is 23.4. The largest absolute Gasteiger partial charge is 0.341 e. The predicted molar refractivity (Wildman–Crippen MR) is 52.7 cm³/mol. The maximum absolute atomic E-state index is 4.14. The Labute approximate surface area is 84.5 Å². The van der Waals surface area contributed by atoms with Crippen LogP contribution >= 0.6 is 0 Å². The maximum Gasteiger partial charge on any atom is 0.181 e. The lowest BCUT2D eigenvalue weighted by atomic mass is 10.3. The van der Waals surface area contributed by atoms with Crippen molar-refractivity contribution in [3.05, 3.63) is 31.1 Å². The number of fused-ring (bicyclic) bond motifs is 1. The lowest BCUT2D eigenvalue weighted by Gasteiger charge is -1.97. The molecule has 0 radical (unpaired) electrons. The van der Waals surface area contributed by atoms with Crippen molar-refractivity contribution in [3.8, 4) is 11.5 Å². The fraction of sp³-hybridized carbons (Fsp3) is 0. The van der Waals surface area contributed by atoms with E-state index in [0.717, 1.165) is 5.52 Å². The summed E-state index contributed by atoms with van der Waals surface area (Å²) in [6.45, 7) is 0. The van der Waals surface area contributed by atoms with E-state index in [1.165, 1.54) is 6.33 Å². The van der Waals surface area contributed by atoms with Crippen LogP contribution in [0.1, 0.15) is 0 Å². The highest BCUT2D eigenvalue weighted by Crippen LogP contribution is 2.17. The summed E-state index contributed by atoms with van der Waals surface area (Å²) in [5, 5.41) is 0. The van der Waals surface area contributed by atoms with E-state index >= 15 is 0 Å². The van der Waals surface area contributed by atoms with Crippen molar-refractivity contribution in [2.45, 2.75) is 0 Å². The Morgan fingerprint density at radius 1 is 0.933 bits per heavy atom. The average molecular weight is 198 g/mol. The highest BCUT2D eigenvalue weighted by atomic mass is 15.0. The molecule has 0 atom stereocenters. The molecule has 0 bridgehead atoms. The summed E-state index contributed by atoms with van der Waals surface area (Å²) in [6.07, 6.45) is 6.37. The van der Waals surface area contributed by atoms with Crippen LogP contribution in [-0.4, -0.2) is 29.9 Å². The Balaban J connectivity index is 2.31. The highest BCUT2D eigenvalue weighted by Gasteiger charge is 2.09. The maximum atomic E-state index is 4.14. The van der Waals surface area contributed by atoms with E-state index in [-0.39, 0.29) is 0 Å². The van der Waals surface area contributed by atoms with Crippen molar-refractivity contribution in [1.82, 2.24) is 29.9 Å². The molecule has 0 spiro atoms. The second-order valence-electron chi connectivity index (χ2n) is 2.90. The number of nitrogens with zero attached hydrogens (tertiary/aromatic N) is 5. The van der Waals surface area contributed by atoms with E-state index in [9.17, 15) is 0 Å². The number of aromatic nitrogens is 6. The first kappa shape index (κ1) is 7.98. The molecule has 0 aliphatic rings. The number of rotatable bonds is 1. The van der Waals surface area contributed by atoms with Crippen LogP contribution < -0.4 is 0 Å². The first-order valence-electron chi connectivity index (χ1n) is 4.36. The molecule has 15 heavy (non-hydrogen) atoms. The quantitative estimate of drug-likeness (QED) is 0.625. The first-order valence-corrected chi connectivity index (χ1v) is 4.36. The summed E-state index contributed by atoms with van der Waals surface area (Å²) in [7, 11) is 0. The van der Waals surface area contributed by atoms with Gasteiger partial charge in [-0.05, 0) is 6.07 Å². The molecular weight excluding hydrogens is 192 g/mol. The van der Waals surface area contributed by atoms with Crippen molar-refractivity contribution in [3.63, 3.8) is 0 Å². The number of hydrogen-bond donors (Lipinski definition) is 1. The molecule has 0 unspecified atom stereocenters. The minimum absolute atomic E-state index is 0.564. The van der Waals surface area contributed by atoms with Gasteiger partial charge in [-0.2, -0.15) is 0 Å². The lowest BCUT2D eigenvalue weighted by molar-refractivity contribution is 1.12. The van der Waals surface area contributed by atoms with Crippen molar-refractivity contribution in [2.75, 3.05) is 0 Å². The van der Waals surface area contributed by atoms with Gasteiger partial charge in [0.05, 0.1) is 6.33 Å². The standard InChI is InChI=1S/C9H6N6/c1-2-10-8(11-3-1)6-7-9(14-4-12-6)15-5-13-7/h1-5H,(H,12,13,14,15). The summed E-state index contributed by atoms with van der Waals surface area (Å²) in [5.74, 6) is 0.564. The van der Waals surface area contributed by atoms with E-state index in [1.54, 1.807) is 24.8 Å². The van der Waals surface area contributed by atoms with Crippen LogP contribution in [0.4, 0.5) is 0 Å². The Morgan fingerprint density at radius 3 is 2.67 bits per heavy atom. The van der Waals surface area contributed by atoms with Gasteiger partial charge in [-0.1, -0.05) is 0 Å². The van der Waals surface area contributed by atoms with Gasteiger partial charge in [-0.15, -0.1) is 0 Å². The molecule has 72 valence electrons. The van der Waals surface area contributed by atoms with E-state index in [1.807, 2.05) is 0 Å². The topological polar surface area (TPSA) is 80.2 Å². The van der Waals surface area contributed by atoms with Gasteiger partial charge in [0.15, 0.2) is 11.5 Å². The Bertz CT molecular complexity index is 588. The number of nitrogens with one attached hydrogen (secondary N) is 1. The fourth-order valence-electron chi connectivity index (χ4n) is 1.36. The molecule has 0 aliphatic heterocycles. The predicted octanol–water partition coefficient (Wildman–Crippen LogP) is 0.810. The van der Waals surface area contributed by atoms with E-state index in [2.05, 4.69) is 29.9 Å². The SMILES string of the molecule is c1cnc(-c2ncnc3nc[nH]c23)nc1. The van der Waals surface area contributed by atoms with Crippen molar-refractivity contribution >= 4 is 11.2 Å². The second kappa shape index (κ2) is 3.09. The molecular formula is C9H6N6. The summed E-state index contributed by atoms with van der Waals surface area (Å²) in [5.41, 5.74) is 2.04. The van der Waals surface area contributed by atoms with Gasteiger partial charge in [0.25, 0.3) is 0 Å². The summed E-state index contributed by atoms with van der Waals surface area (Å²) in [6, 6.07) is 1.76. The number of hydrogen-bond acceptors (Lipinski definition) is 5. The van der Waals surface area contributed by atoms with Gasteiger partial charge in [0.2, 0.25) is 0 Å². The Hall–Kier alpha value is -2.37. The monoisotopic (exact) mass is 198 g/mol. The van der Waals surface area contributed by atoms with E-state index < -0.39 is 0 Å². The highest BCUT2D eigenvalue weighted by molar-refractivity contribution is 5.83. The zero-order valence-corrected chi connectivity index (χ0v) is 7.62. The van der Waals surface area contributed by atoms with E-state index in [4.69, 9.17) is 0 Å². The summed E-state index contributed by atoms with van der Waals surface area (Å²) < 4.78 is 0. The normalized spacial score (nSPS) is 10.7.